The summed E-state index contributed by atoms with van der Waals surface area (Å²) in [5, 5.41) is 17.5. The molecule has 3 aromatic rings. The number of amides is 1. The molecule has 1 aliphatic rings. The SMILES string of the molecule is O=C(NCC(O)(c1ccco1)C1CC1)c1cc(-c2ccccc2)on1. The first kappa shape index (κ1) is 15.7. The lowest BCUT2D eigenvalue weighted by atomic mass is 9.94. The number of rotatable bonds is 6. The zero-order valence-corrected chi connectivity index (χ0v) is 13.5. The highest BCUT2D eigenvalue weighted by Gasteiger charge is 2.47. The summed E-state index contributed by atoms with van der Waals surface area (Å²) < 4.78 is 10.6. The number of furan rings is 1. The second kappa shape index (κ2) is 6.22. The van der Waals surface area contributed by atoms with Crippen molar-refractivity contribution in [2.45, 2.75) is 18.4 Å². The highest BCUT2D eigenvalue weighted by atomic mass is 16.5. The van der Waals surface area contributed by atoms with Crippen molar-refractivity contribution in [3.05, 3.63) is 66.2 Å². The summed E-state index contributed by atoms with van der Waals surface area (Å²) in [4.78, 5) is 12.4. The maximum absolute atomic E-state index is 12.4. The minimum absolute atomic E-state index is 0.0670. The molecule has 0 saturated heterocycles. The average Bonchev–Trinajstić information content (AvgIpc) is 3.15. The van der Waals surface area contributed by atoms with Crippen molar-refractivity contribution >= 4 is 5.91 Å². The van der Waals surface area contributed by atoms with E-state index in [-0.39, 0.29) is 18.2 Å². The van der Waals surface area contributed by atoms with E-state index in [9.17, 15) is 9.90 Å². The Bertz CT molecular complexity index is 853. The van der Waals surface area contributed by atoms with E-state index < -0.39 is 11.5 Å². The number of benzene rings is 1. The molecule has 0 radical (unpaired) electrons. The summed E-state index contributed by atoms with van der Waals surface area (Å²) in [6.45, 7) is 0.0670. The van der Waals surface area contributed by atoms with Crippen LogP contribution < -0.4 is 5.32 Å². The van der Waals surface area contributed by atoms with Crippen LogP contribution in [0.25, 0.3) is 11.3 Å². The van der Waals surface area contributed by atoms with Crippen LogP contribution in [-0.4, -0.2) is 22.7 Å². The monoisotopic (exact) mass is 338 g/mol. The summed E-state index contributed by atoms with van der Waals surface area (Å²) in [5.74, 6) is 0.697. The predicted molar refractivity (Wildman–Crippen MR) is 89.6 cm³/mol. The van der Waals surface area contributed by atoms with Crippen molar-refractivity contribution in [2.24, 2.45) is 5.92 Å². The van der Waals surface area contributed by atoms with Gasteiger partial charge in [-0.05, 0) is 30.9 Å². The Balaban J connectivity index is 1.46. The van der Waals surface area contributed by atoms with Crippen LogP contribution in [0.4, 0.5) is 0 Å². The Morgan fingerprint density at radius 2 is 2.04 bits per heavy atom. The lowest BCUT2D eigenvalue weighted by molar-refractivity contribution is -0.00617. The van der Waals surface area contributed by atoms with Crippen LogP contribution in [0.3, 0.4) is 0 Å². The van der Waals surface area contributed by atoms with Gasteiger partial charge in [0, 0.05) is 11.6 Å². The largest absolute Gasteiger partial charge is 0.466 e. The molecule has 1 aromatic carbocycles. The first-order valence-electron chi connectivity index (χ1n) is 8.23. The predicted octanol–water partition coefficient (Wildman–Crippen LogP) is 2.96. The van der Waals surface area contributed by atoms with Gasteiger partial charge in [0.2, 0.25) is 0 Å². The van der Waals surface area contributed by atoms with E-state index in [1.54, 1.807) is 18.2 Å². The first-order chi connectivity index (χ1) is 12.2. The molecule has 6 heteroatoms. The van der Waals surface area contributed by atoms with Crippen LogP contribution in [0.5, 0.6) is 0 Å². The van der Waals surface area contributed by atoms with Gasteiger partial charge in [-0.1, -0.05) is 35.5 Å². The third-order valence-electron chi connectivity index (χ3n) is 4.52. The topological polar surface area (TPSA) is 88.5 Å². The Labute approximate surface area is 144 Å². The number of nitrogens with one attached hydrogen (secondary N) is 1. The van der Waals surface area contributed by atoms with E-state index in [0.29, 0.717) is 11.5 Å². The second-order valence-corrected chi connectivity index (χ2v) is 6.30. The molecule has 1 amide bonds. The number of hydrogen-bond acceptors (Lipinski definition) is 5. The van der Waals surface area contributed by atoms with Crippen LogP contribution in [0.2, 0.25) is 0 Å². The van der Waals surface area contributed by atoms with Gasteiger partial charge < -0.3 is 19.4 Å². The molecule has 2 N–H and O–H groups in total. The molecule has 25 heavy (non-hydrogen) atoms. The third-order valence-corrected chi connectivity index (χ3v) is 4.52. The van der Waals surface area contributed by atoms with Gasteiger partial charge in [0.25, 0.3) is 5.91 Å². The van der Waals surface area contributed by atoms with Gasteiger partial charge >= 0.3 is 0 Å². The van der Waals surface area contributed by atoms with Crippen molar-refractivity contribution in [3.8, 4) is 11.3 Å². The molecule has 0 bridgehead atoms. The highest BCUT2D eigenvalue weighted by molar-refractivity contribution is 5.93. The van der Waals surface area contributed by atoms with E-state index in [1.165, 1.54) is 6.26 Å². The van der Waals surface area contributed by atoms with Gasteiger partial charge in [0.05, 0.1) is 12.8 Å². The van der Waals surface area contributed by atoms with E-state index >= 15 is 0 Å². The van der Waals surface area contributed by atoms with Crippen molar-refractivity contribution in [1.29, 1.82) is 0 Å². The molecule has 4 rings (SSSR count). The van der Waals surface area contributed by atoms with Crippen LogP contribution in [0.15, 0.2) is 63.7 Å². The molecule has 1 saturated carbocycles. The van der Waals surface area contributed by atoms with Crippen molar-refractivity contribution in [1.82, 2.24) is 10.5 Å². The van der Waals surface area contributed by atoms with Crippen molar-refractivity contribution in [2.75, 3.05) is 6.54 Å². The second-order valence-electron chi connectivity index (χ2n) is 6.30. The van der Waals surface area contributed by atoms with Crippen LogP contribution in [0.1, 0.15) is 29.1 Å². The Morgan fingerprint density at radius 3 is 2.72 bits per heavy atom. The molecule has 1 unspecified atom stereocenters. The molecule has 1 atom stereocenters. The molecule has 2 heterocycles. The number of carbonyl (C=O) groups is 1. The maximum atomic E-state index is 12.4. The summed E-state index contributed by atoms with van der Waals surface area (Å²) in [7, 11) is 0. The van der Waals surface area contributed by atoms with E-state index in [4.69, 9.17) is 8.94 Å². The lowest BCUT2D eigenvalue weighted by Gasteiger charge is -2.26. The summed E-state index contributed by atoms with van der Waals surface area (Å²) in [5.41, 5.74) is -0.166. The third kappa shape index (κ3) is 3.08. The van der Waals surface area contributed by atoms with Gasteiger partial charge in [-0.15, -0.1) is 0 Å². The minimum Gasteiger partial charge on any atom is -0.466 e. The minimum atomic E-state index is -1.19. The Morgan fingerprint density at radius 1 is 1.24 bits per heavy atom. The van der Waals surface area contributed by atoms with Crippen molar-refractivity contribution < 1.29 is 18.8 Å². The van der Waals surface area contributed by atoms with Gasteiger partial charge in [0.1, 0.15) is 11.4 Å². The Kier molecular flexibility index (Phi) is 3.89. The fourth-order valence-electron chi connectivity index (χ4n) is 2.94. The fourth-order valence-corrected chi connectivity index (χ4v) is 2.94. The molecule has 2 aromatic heterocycles. The maximum Gasteiger partial charge on any atom is 0.273 e. The fraction of sp³-hybridized carbons (Fsp3) is 0.263. The van der Waals surface area contributed by atoms with E-state index in [1.807, 2.05) is 30.3 Å². The lowest BCUT2D eigenvalue weighted by Crippen LogP contribution is -2.42. The number of carbonyl (C=O) groups excluding carboxylic acids is 1. The molecule has 0 aliphatic heterocycles. The number of nitrogens with zero attached hydrogens (tertiary/aromatic N) is 1. The normalized spacial score (nSPS) is 16.4. The zero-order chi connectivity index (χ0) is 17.3. The summed E-state index contributed by atoms with van der Waals surface area (Å²) >= 11 is 0. The molecular formula is C19H18N2O4. The number of aliphatic hydroxyl groups is 1. The first-order valence-corrected chi connectivity index (χ1v) is 8.23. The van der Waals surface area contributed by atoms with Gasteiger partial charge in [-0.3, -0.25) is 4.79 Å². The van der Waals surface area contributed by atoms with Crippen LogP contribution in [-0.2, 0) is 5.60 Å². The standard InChI is InChI=1S/C19H18N2O4/c22-18(15-11-16(25-21-15)13-5-2-1-3-6-13)20-12-19(23,14-8-9-14)17-7-4-10-24-17/h1-7,10-11,14,23H,8-9,12H2,(H,20,22). The van der Waals surface area contributed by atoms with Crippen molar-refractivity contribution in [3.63, 3.8) is 0 Å². The summed E-state index contributed by atoms with van der Waals surface area (Å²) in [6.07, 6.45) is 3.35. The van der Waals surface area contributed by atoms with Gasteiger partial charge in [-0.25, -0.2) is 0 Å². The Hall–Kier alpha value is -2.86. The average molecular weight is 338 g/mol. The molecule has 1 fully saturated rings. The zero-order valence-electron chi connectivity index (χ0n) is 13.5. The van der Waals surface area contributed by atoms with E-state index in [2.05, 4.69) is 10.5 Å². The molecule has 1 aliphatic carbocycles. The van der Waals surface area contributed by atoms with Crippen LogP contribution >= 0.6 is 0 Å². The van der Waals surface area contributed by atoms with Gasteiger partial charge in [-0.2, -0.15) is 0 Å². The van der Waals surface area contributed by atoms with E-state index in [0.717, 1.165) is 18.4 Å². The molecule has 0 spiro atoms. The smallest absolute Gasteiger partial charge is 0.273 e. The molecule has 128 valence electrons. The molecular weight excluding hydrogens is 320 g/mol. The number of aromatic nitrogens is 1. The quantitative estimate of drug-likeness (QED) is 0.721. The molecule has 6 nitrogen and oxygen atoms in total. The summed E-state index contributed by atoms with van der Waals surface area (Å²) in [6, 6.07) is 14.5. The van der Waals surface area contributed by atoms with Crippen LogP contribution in [0, 0.1) is 5.92 Å². The highest BCUT2D eigenvalue weighted by Crippen LogP contribution is 2.45. The number of hydrogen-bond donors (Lipinski definition) is 2. The van der Waals surface area contributed by atoms with Gasteiger partial charge in [0.15, 0.2) is 11.5 Å².